The fraction of sp³-hybridized carbons (Fsp3) is 0.833. The van der Waals surface area contributed by atoms with Crippen molar-refractivity contribution in [1.29, 1.82) is 0 Å². The maximum absolute atomic E-state index is 10.1. The number of carboxylic acids is 1. The van der Waals surface area contributed by atoms with Crippen LogP contribution in [0.5, 0.6) is 0 Å². The highest BCUT2D eigenvalue weighted by Crippen LogP contribution is 2.04. The second-order valence-electron chi connectivity index (χ2n) is 2.51. The highest BCUT2D eigenvalue weighted by Gasteiger charge is 2.33. The number of rotatable bonds is 5. The minimum atomic E-state index is -2.20. The zero-order valence-corrected chi connectivity index (χ0v) is 7.32. The number of aliphatic hydroxyl groups excluding tert-OH is 5. The summed E-state index contributed by atoms with van der Waals surface area (Å²) in [6, 6.07) is 0. The molecular formula is C6H15NO7. The Balaban J connectivity index is 0. The van der Waals surface area contributed by atoms with Crippen LogP contribution in [-0.2, 0) is 4.79 Å². The smallest absolute Gasteiger partial charge is 0.335 e. The quantitative estimate of drug-likeness (QED) is 0.248. The lowest BCUT2D eigenvalue weighted by atomic mass is 10.0. The van der Waals surface area contributed by atoms with E-state index in [2.05, 4.69) is 0 Å². The van der Waals surface area contributed by atoms with Crippen LogP contribution in [0.2, 0.25) is 0 Å². The molecule has 0 bridgehead atoms. The molecule has 9 N–H and O–H groups in total. The van der Waals surface area contributed by atoms with Gasteiger partial charge in [0.2, 0.25) is 0 Å². The first kappa shape index (κ1) is 15.7. The highest BCUT2D eigenvalue weighted by atomic mass is 16.4. The molecule has 0 aromatic heterocycles. The standard InChI is InChI=1S/C6H12O7.H3N/c7-1-2(8)3(9)4(10)5(11)6(12)13;/h2-5,7-11H,1H2,(H,12,13);1H3/t2-,3+,4+,5-;/m1./s1. The summed E-state index contributed by atoms with van der Waals surface area (Å²) < 4.78 is 0. The Labute approximate surface area is 79.6 Å². The molecule has 14 heavy (non-hydrogen) atoms. The van der Waals surface area contributed by atoms with Crippen LogP contribution < -0.4 is 6.15 Å². The van der Waals surface area contributed by atoms with E-state index in [1.807, 2.05) is 0 Å². The Bertz CT molecular complexity index is 176. The normalized spacial score (nSPS) is 18.9. The van der Waals surface area contributed by atoms with Gasteiger partial charge in [0.1, 0.15) is 18.3 Å². The molecule has 4 atom stereocenters. The van der Waals surface area contributed by atoms with E-state index in [4.69, 9.17) is 30.6 Å². The molecule has 0 unspecified atom stereocenters. The van der Waals surface area contributed by atoms with Crippen molar-refractivity contribution in [3.8, 4) is 0 Å². The monoisotopic (exact) mass is 213 g/mol. The average molecular weight is 213 g/mol. The van der Waals surface area contributed by atoms with E-state index in [1.54, 1.807) is 0 Å². The van der Waals surface area contributed by atoms with Crippen LogP contribution in [0.1, 0.15) is 0 Å². The van der Waals surface area contributed by atoms with E-state index in [1.165, 1.54) is 0 Å². The first-order chi connectivity index (χ1) is 5.91. The molecular weight excluding hydrogens is 198 g/mol. The molecule has 0 aliphatic carbocycles. The Hall–Kier alpha value is -0.770. The Morgan fingerprint density at radius 1 is 1.07 bits per heavy atom. The van der Waals surface area contributed by atoms with Gasteiger partial charge in [-0.1, -0.05) is 0 Å². The Morgan fingerprint density at radius 2 is 1.50 bits per heavy atom. The second kappa shape index (κ2) is 6.65. The molecule has 0 heterocycles. The van der Waals surface area contributed by atoms with Gasteiger partial charge in [-0.05, 0) is 0 Å². The molecule has 0 fully saturated rings. The topological polar surface area (TPSA) is 173 Å². The van der Waals surface area contributed by atoms with Gasteiger partial charge in [0.25, 0.3) is 0 Å². The zero-order valence-electron chi connectivity index (χ0n) is 7.32. The summed E-state index contributed by atoms with van der Waals surface area (Å²) in [5.74, 6) is -1.73. The number of hydrogen-bond acceptors (Lipinski definition) is 7. The van der Waals surface area contributed by atoms with Crippen LogP contribution in [0.25, 0.3) is 0 Å². The Kier molecular flexibility index (Phi) is 7.45. The molecule has 0 spiro atoms. The summed E-state index contributed by atoms with van der Waals surface area (Å²) in [4.78, 5) is 10.1. The van der Waals surface area contributed by atoms with Crippen LogP contribution in [0.3, 0.4) is 0 Å². The third kappa shape index (κ3) is 3.96. The first-order valence-electron chi connectivity index (χ1n) is 3.47. The van der Waals surface area contributed by atoms with E-state index >= 15 is 0 Å². The Morgan fingerprint density at radius 3 is 1.79 bits per heavy atom. The molecule has 0 aromatic rings. The predicted octanol–water partition coefficient (Wildman–Crippen LogP) is -3.33. The molecule has 0 saturated carbocycles. The van der Waals surface area contributed by atoms with Crippen LogP contribution in [-0.4, -0.2) is 67.6 Å². The van der Waals surface area contributed by atoms with Gasteiger partial charge in [-0.3, -0.25) is 0 Å². The third-order valence-corrected chi connectivity index (χ3v) is 1.51. The minimum Gasteiger partial charge on any atom is -0.479 e. The van der Waals surface area contributed by atoms with Gasteiger partial charge in [-0.2, -0.15) is 0 Å². The largest absolute Gasteiger partial charge is 0.479 e. The molecule has 0 amide bonds. The van der Waals surface area contributed by atoms with Crippen LogP contribution in [0, 0.1) is 0 Å². The first-order valence-corrected chi connectivity index (χ1v) is 3.47. The van der Waals surface area contributed by atoms with Gasteiger partial charge in [0.05, 0.1) is 6.61 Å². The van der Waals surface area contributed by atoms with Crippen LogP contribution >= 0.6 is 0 Å². The SMILES string of the molecule is N.O=C(O)[C@H](O)[C@@H](O)[C@@H](O)[C@H](O)CO. The van der Waals surface area contributed by atoms with Gasteiger partial charge in [0.15, 0.2) is 6.10 Å². The van der Waals surface area contributed by atoms with Crippen LogP contribution in [0.15, 0.2) is 0 Å². The lowest BCUT2D eigenvalue weighted by Gasteiger charge is -2.23. The van der Waals surface area contributed by atoms with Gasteiger partial charge in [0, 0.05) is 0 Å². The summed E-state index contributed by atoms with van der Waals surface area (Å²) in [6.45, 7) is -0.843. The van der Waals surface area contributed by atoms with Crippen molar-refractivity contribution in [2.75, 3.05) is 6.61 Å². The summed E-state index contributed by atoms with van der Waals surface area (Å²) in [6.07, 6.45) is -7.84. The number of carbonyl (C=O) groups is 1. The van der Waals surface area contributed by atoms with Crippen LogP contribution in [0.4, 0.5) is 0 Å². The number of carboxylic acid groups (broad SMARTS) is 1. The maximum atomic E-state index is 10.1. The summed E-state index contributed by atoms with van der Waals surface area (Å²) in [7, 11) is 0. The molecule has 0 saturated heterocycles. The lowest BCUT2D eigenvalue weighted by Crippen LogP contribution is -2.48. The van der Waals surface area contributed by atoms with Gasteiger partial charge >= 0.3 is 5.97 Å². The molecule has 0 aromatic carbocycles. The molecule has 0 radical (unpaired) electrons. The van der Waals surface area contributed by atoms with E-state index in [9.17, 15) is 4.79 Å². The number of aliphatic carboxylic acids is 1. The summed E-state index contributed by atoms with van der Waals surface area (Å²) in [5, 5.41) is 51.8. The predicted molar refractivity (Wildman–Crippen MR) is 43.8 cm³/mol. The van der Waals surface area contributed by atoms with Crippen molar-refractivity contribution in [2.45, 2.75) is 24.4 Å². The molecule has 0 aliphatic rings. The zero-order chi connectivity index (χ0) is 10.6. The second-order valence-corrected chi connectivity index (χ2v) is 2.51. The third-order valence-electron chi connectivity index (χ3n) is 1.51. The molecule has 8 nitrogen and oxygen atoms in total. The number of hydrogen-bond donors (Lipinski definition) is 7. The van der Waals surface area contributed by atoms with E-state index in [0.29, 0.717) is 0 Å². The fourth-order valence-electron chi connectivity index (χ4n) is 0.668. The fourth-order valence-corrected chi connectivity index (χ4v) is 0.668. The van der Waals surface area contributed by atoms with Gasteiger partial charge in [-0.25, -0.2) is 4.79 Å². The molecule has 0 aliphatic heterocycles. The highest BCUT2D eigenvalue weighted by molar-refractivity contribution is 5.72. The average Bonchev–Trinajstić information content (AvgIpc) is 2.12. The molecule has 86 valence electrons. The molecule has 0 rings (SSSR count). The minimum absolute atomic E-state index is 0. The van der Waals surface area contributed by atoms with Crippen molar-refractivity contribution in [3.63, 3.8) is 0 Å². The van der Waals surface area contributed by atoms with E-state index in [0.717, 1.165) is 0 Å². The van der Waals surface area contributed by atoms with Gasteiger partial charge < -0.3 is 36.8 Å². The maximum Gasteiger partial charge on any atom is 0.335 e. The van der Waals surface area contributed by atoms with Crippen molar-refractivity contribution in [1.82, 2.24) is 6.15 Å². The van der Waals surface area contributed by atoms with Crippen molar-refractivity contribution < 1.29 is 35.4 Å². The lowest BCUT2D eigenvalue weighted by molar-refractivity contribution is -0.164. The summed E-state index contributed by atoms with van der Waals surface area (Å²) >= 11 is 0. The van der Waals surface area contributed by atoms with Crippen molar-refractivity contribution in [2.24, 2.45) is 0 Å². The van der Waals surface area contributed by atoms with Gasteiger partial charge in [-0.15, -0.1) is 0 Å². The van der Waals surface area contributed by atoms with E-state index in [-0.39, 0.29) is 6.15 Å². The van der Waals surface area contributed by atoms with E-state index < -0.39 is 37.0 Å². The summed E-state index contributed by atoms with van der Waals surface area (Å²) in [5.41, 5.74) is 0. The molecule has 8 heteroatoms. The van der Waals surface area contributed by atoms with Crippen molar-refractivity contribution >= 4 is 5.97 Å². The van der Waals surface area contributed by atoms with Crippen molar-refractivity contribution in [3.05, 3.63) is 0 Å². The number of aliphatic hydroxyl groups is 5.